The van der Waals surface area contributed by atoms with Crippen molar-refractivity contribution in [3.8, 4) is 0 Å². The van der Waals surface area contributed by atoms with Gasteiger partial charge in [-0.2, -0.15) is 0 Å². The second-order valence-corrected chi connectivity index (χ2v) is 5.32. The van der Waals surface area contributed by atoms with Crippen LogP contribution in [0.1, 0.15) is 32.6 Å². The largest absolute Gasteiger partial charge is 0.394 e. The molecule has 5 heteroatoms. The van der Waals surface area contributed by atoms with Gasteiger partial charge in [-0.15, -0.1) is 0 Å². The Balaban J connectivity index is 1.71. The molecule has 98 valence electrons. The first-order valence-corrected chi connectivity index (χ1v) is 6.42. The molecule has 0 aromatic carbocycles. The van der Waals surface area contributed by atoms with Crippen LogP contribution in [0.3, 0.4) is 0 Å². The average molecular weight is 242 g/mol. The molecule has 2 rings (SSSR count). The Labute approximate surface area is 102 Å². The monoisotopic (exact) mass is 242 g/mol. The van der Waals surface area contributed by atoms with E-state index in [1.54, 1.807) is 0 Å². The third-order valence-corrected chi connectivity index (χ3v) is 3.72. The molecular formula is C12H22N2O3. The number of hydrogen-bond acceptors (Lipinski definition) is 3. The van der Waals surface area contributed by atoms with Gasteiger partial charge in [-0.25, -0.2) is 4.79 Å². The Kier molecular flexibility index (Phi) is 3.89. The summed E-state index contributed by atoms with van der Waals surface area (Å²) in [6, 6.07) is -0.205. The summed E-state index contributed by atoms with van der Waals surface area (Å²) in [5, 5.41) is 15.0. The van der Waals surface area contributed by atoms with Gasteiger partial charge in [-0.3, -0.25) is 0 Å². The van der Waals surface area contributed by atoms with Crippen molar-refractivity contribution in [3.05, 3.63) is 0 Å². The zero-order valence-electron chi connectivity index (χ0n) is 10.4. The van der Waals surface area contributed by atoms with Gasteiger partial charge < -0.3 is 20.5 Å². The maximum atomic E-state index is 11.7. The SMILES string of the molecule is C[C@](CO)(NC(=O)NC[C@@H]1CCCO1)C1CC1. The molecule has 5 nitrogen and oxygen atoms in total. The highest BCUT2D eigenvalue weighted by atomic mass is 16.5. The van der Waals surface area contributed by atoms with Gasteiger partial charge in [0.25, 0.3) is 0 Å². The van der Waals surface area contributed by atoms with E-state index in [0.717, 1.165) is 32.3 Å². The van der Waals surface area contributed by atoms with Crippen LogP contribution in [0.15, 0.2) is 0 Å². The van der Waals surface area contributed by atoms with Gasteiger partial charge in [0.1, 0.15) is 0 Å². The highest BCUT2D eigenvalue weighted by Gasteiger charge is 2.42. The number of aliphatic hydroxyl groups is 1. The molecular weight excluding hydrogens is 220 g/mol. The Morgan fingerprint density at radius 3 is 2.76 bits per heavy atom. The lowest BCUT2D eigenvalue weighted by molar-refractivity contribution is 0.109. The van der Waals surface area contributed by atoms with Gasteiger partial charge in [0, 0.05) is 13.2 Å². The molecule has 1 aliphatic heterocycles. The number of hydrogen-bond donors (Lipinski definition) is 3. The van der Waals surface area contributed by atoms with Gasteiger partial charge in [0.2, 0.25) is 0 Å². The molecule has 3 N–H and O–H groups in total. The number of carbonyl (C=O) groups excluding carboxylic acids is 1. The molecule has 2 atom stereocenters. The summed E-state index contributed by atoms with van der Waals surface area (Å²) in [6.45, 7) is 3.24. The number of urea groups is 1. The van der Waals surface area contributed by atoms with Gasteiger partial charge in [0.15, 0.2) is 0 Å². The molecule has 2 amide bonds. The Hall–Kier alpha value is -0.810. The molecule has 2 aliphatic rings. The lowest BCUT2D eigenvalue weighted by atomic mass is 9.97. The minimum Gasteiger partial charge on any atom is -0.394 e. The van der Waals surface area contributed by atoms with Crippen LogP contribution in [0.2, 0.25) is 0 Å². The molecule has 1 aliphatic carbocycles. The zero-order chi connectivity index (χ0) is 12.3. The average Bonchev–Trinajstić information content (AvgIpc) is 3.05. The number of ether oxygens (including phenoxy) is 1. The first-order chi connectivity index (χ1) is 8.14. The van der Waals surface area contributed by atoms with Crippen molar-refractivity contribution in [2.45, 2.75) is 44.2 Å². The van der Waals surface area contributed by atoms with Crippen molar-refractivity contribution in [2.24, 2.45) is 5.92 Å². The maximum Gasteiger partial charge on any atom is 0.315 e. The lowest BCUT2D eigenvalue weighted by Gasteiger charge is -2.29. The van der Waals surface area contributed by atoms with E-state index in [2.05, 4.69) is 10.6 Å². The Bertz CT molecular complexity index is 275. The number of aliphatic hydroxyl groups excluding tert-OH is 1. The normalized spacial score (nSPS) is 27.5. The van der Waals surface area contributed by atoms with E-state index in [9.17, 15) is 9.90 Å². The number of amides is 2. The molecule has 17 heavy (non-hydrogen) atoms. The van der Waals surface area contributed by atoms with Gasteiger partial charge in [0.05, 0.1) is 18.2 Å². The second-order valence-electron chi connectivity index (χ2n) is 5.32. The first-order valence-electron chi connectivity index (χ1n) is 6.42. The van der Waals surface area contributed by atoms with E-state index in [-0.39, 0.29) is 18.7 Å². The van der Waals surface area contributed by atoms with Crippen molar-refractivity contribution < 1.29 is 14.6 Å². The highest BCUT2D eigenvalue weighted by Crippen LogP contribution is 2.39. The van der Waals surface area contributed by atoms with Gasteiger partial charge in [-0.1, -0.05) is 0 Å². The van der Waals surface area contributed by atoms with Crippen LogP contribution in [-0.2, 0) is 4.74 Å². The highest BCUT2D eigenvalue weighted by molar-refractivity contribution is 5.74. The summed E-state index contributed by atoms with van der Waals surface area (Å²) in [5.41, 5.74) is -0.472. The summed E-state index contributed by atoms with van der Waals surface area (Å²) in [6.07, 6.45) is 4.42. The van der Waals surface area contributed by atoms with Crippen LogP contribution in [0, 0.1) is 5.92 Å². The Morgan fingerprint density at radius 1 is 1.47 bits per heavy atom. The topological polar surface area (TPSA) is 70.6 Å². The van der Waals surface area contributed by atoms with E-state index in [4.69, 9.17) is 4.74 Å². The summed E-state index contributed by atoms with van der Waals surface area (Å²) < 4.78 is 5.43. The van der Waals surface area contributed by atoms with Gasteiger partial charge >= 0.3 is 6.03 Å². The summed E-state index contributed by atoms with van der Waals surface area (Å²) in [7, 11) is 0. The summed E-state index contributed by atoms with van der Waals surface area (Å²) >= 11 is 0. The standard InChI is InChI=1S/C12H22N2O3/c1-12(8-15,9-4-5-9)14-11(16)13-7-10-3-2-6-17-10/h9-10,15H,2-8H2,1H3,(H2,13,14,16)/t10-,12+/m0/s1. The molecule has 0 bridgehead atoms. The van der Waals surface area contributed by atoms with Crippen LogP contribution in [0.25, 0.3) is 0 Å². The van der Waals surface area contributed by atoms with Crippen molar-refractivity contribution in [2.75, 3.05) is 19.8 Å². The van der Waals surface area contributed by atoms with Crippen molar-refractivity contribution in [1.82, 2.24) is 10.6 Å². The lowest BCUT2D eigenvalue weighted by Crippen LogP contribution is -2.54. The number of nitrogens with one attached hydrogen (secondary N) is 2. The fraction of sp³-hybridized carbons (Fsp3) is 0.917. The number of carbonyl (C=O) groups is 1. The van der Waals surface area contributed by atoms with Crippen LogP contribution >= 0.6 is 0 Å². The molecule has 1 saturated carbocycles. The molecule has 0 aromatic rings. The molecule has 1 heterocycles. The van der Waals surface area contributed by atoms with Crippen LogP contribution in [-0.4, -0.2) is 42.5 Å². The van der Waals surface area contributed by atoms with E-state index < -0.39 is 5.54 Å². The predicted octanol–water partition coefficient (Wildman–Crippen LogP) is 0.626. The van der Waals surface area contributed by atoms with E-state index in [1.165, 1.54) is 0 Å². The van der Waals surface area contributed by atoms with Crippen LogP contribution in [0.5, 0.6) is 0 Å². The molecule has 1 saturated heterocycles. The minimum absolute atomic E-state index is 0.00891. The van der Waals surface area contributed by atoms with E-state index in [1.807, 2.05) is 6.92 Å². The zero-order valence-corrected chi connectivity index (χ0v) is 10.4. The number of rotatable bonds is 5. The fourth-order valence-corrected chi connectivity index (χ4v) is 2.31. The van der Waals surface area contributed by atoms with Crippen LogP contribution in [0.4, 0.5) is 4.79 Å². The van der Waals surface area contributed by atoms with Crippen LogP contribution < -0.4 is 10.6 Å². The summed E-state index contributed by atoms with van der Waals surface area (Å²) in [5.74, 6) is 0.418. The first kappa shape index (κ1) is 12.6. The fourth-order valence-electron chi connectivity index (χ4n) is 2.31. The third-order valence-electron chi connectivity index (χ3n) is 3.72. The van der Waals surface area contributed by atoms with Gasteiger partial charge in [-0.05, 0) is 38.5 Å². The smallest absolute Gasteiger partial charge is 0.315 e. The summed E-state index contributed by atoms with van der Waals surface area (Å²) in [4.78, 5) is 11.7. The van der Waals surface area contributed by atoms with Crippen molar-refractivity contribution >= 4 is 6.03 Å². The minimum atomic E-state index is -0.472. The maximum absolute atomic E-state index is 11.7. The van der Waals surface area contributed by atoms with E-state index in [0.29, 0.717) is 12.5 Å². The van der Waals surface area contributed by atoms with E-state index >= 15 is 0 Å². The second kappa shape index (κ2) is 5.23. The quantitative estimate of drug-likeness (QED) is 0.662. The predicted molar refractivity (Wildman–Crippen MR) is 63.7 cm³/mol. The Morgan fingerprint density at radius 2 is 2.24 bits per heavy atom. The molecule has 0 aromatic heterocycles. The molecule has 0 spiro atoms. The molecule has 2 fully saturated rings. The van der Waals surface area contributed by atoms with Crippen molar-refractivity contribution in [3.63, 3.8) is 0 Å². The molecule has 0 radical (unpaired) electrons. The molecule has 0 unspecified atom stereocenters. The third kappa shape index (κ3) is 3.33. The van der Waals surface area contributed by atoms with Crippen molar-refractivity contribution in [1.29, 1.82) is 0 Å².